The molecule has 0 atom stereocenters. The Hall–Kier alpha value is -3.55. The molecule has 0 fully saturated rings. The second kappa shape index (κ2) is 7.56. The molecular weight excluding hydrogens is 341 g/mol. The summed E-state index contributed by atoms with van der Waals surface area (Å²) < 4.78 is 23.2. The number of rotatable bonds is 5. The summed E-state index contributed by atoms with van der Waals surface area (Å²) in [5.41, 5.74) is 1.23. The molecule has 0 aliphatic heterocycles. The molecule has 0 saturated heterocycles. The third-order valence-electron chi connectivity index (χ3n) is 3.39. The van der Waals surface area contributed by atoms with Crippen LogP contribution in [0.3, 0.4) is 0 Å². The van der Waals surface area contributed by atoms with Crippen molar-refractivity contribution in [3.8, 4) is 11.5 Å². The molecule has 3 aromatic rings. The Kier molecular flexibility index (Phi) is 5.02. The van der Waals surface area contributed by atoms with Crippen LogP contribution in [0.25, 0.3) is 11.5 Å². The average Bonchev–Trinajstić information content (AvgIpc) is 3.11. The number of aromatic nitrogens is 2. The number of nitrogens with zero attached hydrogens (tertiary/aromatic N) is 2. The van der Waals surface area contributed by atoms with Crippen molar-refractivity contribution in [1.82, 2.24) is 10.2 Å². The Balaban J connectivity index is 1.70. The van der Waals surface area contributed by atoms with E-state index in [4.69, 9.17) is 9.15 Å². The van der Waals surface area contributed by atoms with Gasteiger partial charge in [0.1, 0.15) is 5.82 Å². The van der Waals surface area contributed by atoms with E-state index in [0.717, 1.165) is 0 Å². The minimum Gasteiger partial charge on any atom is -0.462 e. The quantitative estimate of drug-likeness (QED) is 0.706. The van der Waals surface area contributed by atoms with Crippen LogP contribution >= 0.6 is 0 Å². The molecule has 0 aliphatic rings. The van der Waals surface area contributed by atoms with Crippen LogP contribution in [0.15, 0.2) is 52.9 Å². The van der Waals surface area contributed by atoms with Gasteiger partial charge in [-0.3, -0.25) is 10.1 Å². The highest BCUT2D eigenvalue weighted by Crippen LogP contribution is 2.21. The zero-order valence-corrected chi connectivity index (χ0v) is 13.7. The predicted octanol–water partition coefficient (Wildman–Crippen LogP) is 3.30. The van der Waals surface area contributed by atoms with E-state index in [1.165, 1.54) is 24.3 Å². The highest BCUT2D eigenvalue weighted by molar-refractivity contribution is 6.03. The van der Waals surface area contributed by atoms with Crippen molar-refractivity contribution in [2.45, 2.75) is 6.92 Å². The monoisotopic (exact) mass is 355 g/mol. The van der Waals surface area contributed by atoms with Crippen LogP contribution in [-0.2, 0) is 4.74 Å². The Morgan fingerprint density at radius 3 is 2.35 bits per heavy atom. The number of anilines is 1. The first-order chi connectivity index (χ1) is 12.6. The molecule has 1 N–H and O–H groups in total. The van der Waals surface area contributed by atoms with E-state index < -0.39 is 17.7 Å². The van der Waals surface area contributed by atoms with Gasteiger partial charge in [0.25, 0.3) is 5.91 Å². The molecule has 1 amide bonds. The first-order valence-corrected chi connectivity index (χ1v) is 7.75. The van der Waals surface area contributed by atoms with Crippen molar-refractivity contribution >= 4 is 17.9 Å². The fraction of sp³-hybridized carbons (Fsp3) is 0.111. The van der Waals surface area contributed by atoms with Gasteiger partial charge in [-0.1, -0.05) is 5.10 Å². The van der Waals surface area contributed by atoms with Gasteiger partial charge in [0, 0.05) is 11.1 Å². The number of benzene rings is 2. The number of ether oxygens (including phenoxy) is 1. The number of halogens is 1. The van der Waals surface area contributed by atoms with E-state index >= 15 is 0 Å². The maximum atomic E-state index is 12.9. The summed E-state index contributed by atoms with van der Waals surface area (Å²) in [7, 11) is 0. The molecule has 8 heteroatoms. The number of esters is 1. The number of carbonyl (C=O) groups excluding carboxylic acids is 2. The molecule has 2 aromatic carbocycles. The molecule has 0 aliphatic carbocycles. The minimum atomic E-state index is -0.502. The Morgan fingerprint density at radius 2 is 1.69 bits per heavy atom. The lowest BCUT2D eigenvalue weighted by molar-refractivity contribution is 0.0526. The van der Waals surface area contributed by atoms with Gasteiger partial charge >= 0.3 is 12.0 Å². The first-order valence-electron chi connectivity index (χ1n) is 7.75. The summed E-state index contributed by atoms with van der Waals surface area (Å²) >= 11 is 0. The zero-order valence-electron chi connectivity index (χ0n) is 13.7. The van der Waals surface area contributed by atoms with Gasteiger partial charge in [0.05, 0.1) is 12.2 Å². The van der Waals surface area contributed by atoms with Gasteiger partial charge in [-0.05, 0) is 55.5 Å². The Labute approximate surface area is 147 Å². The summed E-state index contributed by atoms with van der Waals surface area (Å²) in [6, 6.07) is 11.4. The highest BCUT2D eigenvalue weighted by atomic mass is 19.1. The lowest BCUT2D eigenvalue weighted by Crippen LogP contribution is -2.12. The van der Waals surface area contributed by atoms with Crippen LogP contribution < -0.4 is 5.32 Å². The highest BCUT2D eigenvalue weighted by Gasteiger charge is 2.14. The maximum Gasteiger partial charge on any atom is 0.338 e. The molecule has 0 bridgehead atoms. The van der Waals surface area contributed by atoms with Crippen LogP contribution in [0.2, 0.25) is 0 Å². The van der Waals surface area contributed by atoms with Crippen molar-refractivity contribution in [2.75, 3.05) is 11.9 Å². The van der Waals surface area contributed by atoms with Crippen LogP contribution in [0.4, 0.5) is 10.4 Å². The lowest BCUT2D eigenvalue weighted by atomic mass is 10.1. The standard InChI is InChI=1S/C18H14FN3O4/c1-2-25-17(24)13-5-3-12(4-6-13)16-21-22-18(26-16)20-15(23)11-7-9-14(19)10-8-11/h3-10H,2H2,1H3,(H,20,22,23). The molecule has 1 aromatic heterocycles. The fourth-order valence-electron chi connectivity index (χ4n) is 2.12. The predicted molar refractivity (Wildman–Crippen MR) is 90.0 cm³/mol. The molecule has 3 rings (SSSR count). The molecule has 7 nitrogen and oxygen atoms in total. The molecule has 0 spiro atoms. The number of hydrogen-bond donors (Lipinski definition) is 1. The summed E-state index contributed by atoms with van der Waals surface area (Å²) in [6.45, 7) is 2.02. The van der Waals surface area contributed by atoms with Crippen molar-refractivity contribution in [1.29, 1.82) is 0 Å². The number of hydrogen-bond acceptors (Lipinski definition) is 6. The van der Waals surface area contributed by atoms with Crippen molar-refractivity contribution < 1.29 is 23.1 Å². The minimum absolute atomic E-state index is 0.0937. The molecule has 1 heterocycles. The van der Waals surface area contributed by atoms with Crippen LogP contribution in [-0.4, -0.2) is 28.7 Å². The number of amides is 1. The zero-order chi connectivity index (χ0) is 18.5. The van der Waals surface area contributed by atoms with E-state index in [1.807, 2.05) is 0 Å². The first kappa shape index (κ1) is 17.3. The Bertz CT molecular complexity index is 920. The SMILES string of the molecule is CCOC(=O)c1ccc(-c2nnc(NC(=O)c3ccc(F)cc3)o2)cc1. The van der Waals surface area contributed by atoms with E-state index in [9.17, 15) is 14.0 Å². The second-order valence-electron chi connectivity index (χ2n) is 5.17. The summed E-state index contributed by atoms with van der Waals surface area (Å²) in [5, 5.41) is 10.0. The van der Waals surface area contributed by atoms with Gasteiger partial charge in [-0.25, -0.2) is 9.18 Å². The van der Waals surface area contributed by atoms with Crippen LogP contribution in [0, 0.1) is 5.82 Å². The molecule has 26 heavy (non-hydrogen) atoms. The van der Waals surface area contributed by atoms with Gasteiger partial charge < -0.3 is 9.15 Å². The molecule has 0 saturated carbocycles. The summed E-state index contributed by atoms with van der Waals surface area (Å²) in [5.74, 6) is -1.18. The largest absolute Gasteiger partial charge is 0.462 e. The number of carbonyl (C=O) groups is 2. The van der Waals surface area contributed by atoms with Gasteiger partial charge in [0.15, 0.2) is 0 Å². The smallest absolute Gasteiger partial charge is 0.338 e. The van der Waals surface area contributed by atoms with E-state index in [2.05, 4.69) is 15.5 Å². The lowest BCUT2D eigenvalue weighted by Gasteiger charge is -2.02. The van der Waals surface area contributed by atoms with Crippen LogP contribution in [0.5, 0.6) is 0 Å². The second-order valence-corrected chi connectivity index (χ2v) is 5.17. The third kappa shape index (κ3) is 3.92. The molecule has 0 unspecified atom stereocenters. The van der Waals surface area contributed by atoms with E-state index in [-0.39, 0.29) is 17.5 Å². The molecular formula is C18H14FN3O4. The molecule has 0 radical (unpaired) electrons. The normalized spacial score (nSPS) is 10.4. The van der Waals surface area contributed by atoms with E-state index in [1.54, 1.807) is 31.2 Å². The summed E-state index contributed by atoms with van der Waals surface area (Å²) in [6.07, 6.45) is 0. The Morgan fingerprint density at radius 1 is 1.04 bits per heavy atom. The van der Waals surface area contributed by atoms with E-state index in [0.29, 0.717) is 17.7 Å². The molecule has 132 valence electrons. The maximum absolute atomic E-state index is 12.9. The summed E-state index contributed by atoms with van der Waals surface area (Å²) in [4.78, 5) is 23.7. The third-order valence-corrected chi connectivity index (χ3v) is 3.39. The van der Waals surface area contributed by atoms with Gasteiger partial charge in [-0.15, -0.1) is 5.10 Å². The number of nitrogens with one attached hydrogen (secondary N) is 1. The van der Waals surface area contributed by atoms with Gasteiger partial charge in [0.2, 0.25) is 5.89 Å². The van der Waals surface area contributed by atoms with Crippen LogP contribution in [0.1, 0.15) is 27.6 Å². The van der Waals surface area contributed by atoms with Crippen molar-refractivity contribution in [3.63, 3.8) is 0 Å². The van der Waals surface area contributed by atoms with Crippen molar-refractivity contribution in [2.24, 2.45) is 0 Å². The fourth-order valence-corrected chi connectivity index (χ4v) is 2.12. The average molecular weight is 355 g/mol. The van der Waals surface area contributed by atoms with Crippen molar-refractivity contribution in [3.05, 3.63) is 65.5 Å². The topological polar surface area (TPSA) is 94.3 Å². The van der Waals surface area contributed by atoms with Gasteiger partial charge in [-0.2, -0.15) is 0 Å².